The van der Waals surface area contributed by atoms with Gasteiger partial charge in [0.25, 0.3) is 0 Å². The van der Waals surface area contributed by atoms with Gasteiger partial charge in [0.1, 0.15) is 11.8 Å². The Morgan fingerprint density at radius 2 is 1.95 bits per heavy atom. The molecule has 0 unspecified atom stereocenters. The Bertz CT molecular complexity index is 563. The minimum atomic E-state index is -0.277. The minimum Gasteiger partial charge on any atom is -0.403 e. The van der Waals surface area contributed by atoms with E-state index in [2.05, 4.69) is 38.7 Å². The van der Waals surface area contributed by atoms with E-state index >= 15 is 0 Å². The highest BCUT2D eigenvalue weighted by Gasteiger charge is 2.59. The maximum Gasteiger partial charge on any atom is 0.461 e. The summed E-state index contributed by atoms with van der Waals surface area (Å²) < 4.78 is 12.2. The van der Waals surface area contributed by atoms with Gasteiger partial charge in [-0.25, -0.2) is 4.98 Å². The topological polar surface area (TPSA) is 55.1 Å². The molecule has 2 aliphatic rings. The smallest absolute Gasteiger partial charge is 0.403 e. The van der Waals surface area contributed by atoms with E-state index in [4.69, 9.17) is 14.6 Å². The molecule has 5 heteroatoms. The van der Waals surface area contributed by atoms with Gasteiger partial charge < -0.3 is 9.31 Å². The highest BCUT2D eigenvalue weighted by atomic mass is 16.7. The first-order valence-corrected chi connectivity index (χ1v) is 7.06. The van der Waals surface area contributed by atoms with Gasteiger partial charge >= 0.3 is 7.12 Å². The number of nitrogens with zero attached hydrogens (tertiary/aromatic N) is 2. The number of pyridine rings is 1. The quantitative estimate of drug-likeness (QED) is 0.775. The second-order valence-electron chi connectivity index (χ2n) is 6.72. The first kappa shape index (κ1) is 13.6. The second kappa shape index (κ2) is 4.31. The number of nitriles is 1. The SMILES string of the molecule is CC1(C)OB([C@H]2C[C@@H]2c2ccnc(C#N)c2)OC1(C)C. The van der Waals surface area contributed by atoms with Gasteiger partial charge in [0.15, 0.2) is 0 Å². The molecule has 1 aliphatic carbocycles. The van der Waals surface area contributed by atoms with E-state index in [0.717, 1.165) is 12.0 Å². The molecule has 2 heterocycles. The summed E-state index contributed by atoms with van der Waals surface area (Å²) >= 11 is 0. The zero-order chi connectivity index (χ0) is 14.5. The zero-order valence-electron chi connectivity index (χ0n) is 12.4. The number of rotatable bonds is 2. The summed E-state index contributed by atoms with van der Waals surface area (Å²) in [6.45, 7) is 8.30. The molecule has 0 radical (unpaired) electrons. The van der Waals surface area contributed by atoms with Crippen LogP contribution in [0, 0.1) is 11.3 Å². The lowest BCUT2D eigenvalue weighted by molar-refractivity contribution is 0.00578. The largest absolute Gasteiger partial charge is 0.461 e. The van der Waals surface area contributed by atoms with E-state index in [0.29, 0.717) is 17.4 Å². The van der Waals surface area contributed by atoms with Gasteiger partial charge in [-0.15, -0.1) is 0 Å². The van der Waals surface area contributed by atoms with E-state index in [-0.39, 0.29) is 18.3 Å². The zero-order valence-corrected chi connectivity index (χ0v) is 12.4. The van der Waals surface area contributed by atoms with E-state index < -0.39 is 0 Å². The Morgan fingerprint density at radius 1 is 1.30 bits per heavy atom. The molecule has 0 amide bonds. The number of hydrogen-bond acceptors (Lipinski definition) is 4. The van der Waals surface area contributed by atoms with Crippen molar-refractivity contribution in [1.29, 1.82) is 5.26 Å². The first-order chi connectivity index (χ1) is 9.34. The Balaban J connectivity index is 1.73. The molecular weight excluding hydrogens is 251 g/mol. The fourth-order valence-electron chi connectivity index (χ4n) is 2.70. The molecule has 2 fully saturated rings. The molecule has 1 saturated heterocycles. The van der Waals surface area contributed by atoms with Crippen LogP contribution in [0.25, 0.3) is 0 Å². The maximum atomic E-state index is 8.92. The van der Waals surface area contributed by atoms with Crippen LogP contribution in [0.2, 0.25) is 5.82 Å². The predicted octanol–water partition coefficient (Wildman–Crippen LogP) is 2.90. The second-order valence-corrected chi connectivity index (χ2v) is 6.72. The summed E-state index contributed by atoms with van der Waals surface area (Å²) in [5.74, 6) is 0.796. The highest BCUT2D eigenvalue weighted by Crippen LogP contribution is 2.58. The summed E-state index contributed by atoms with van der Waals surface area (Å²) in [6, 6.07) is 5.94. The predicted molar refractivity (Wildman–Crippen MR) is 76.1 cm³/mol. The molecule has 1 aromatic heterocycles. The fourth-order valence-corrected chi connectivity index (χ4v) is 2.70. The van der Waals surface area contributed by atoms with E-state index in [9.17, 15) is 0 Å². The Morgan fingerprint density at radius 3 is 2.55 bits per heavy atom. The van der Waals surface area contributed by atoms with E-state index in [1.807, 2.05) is 12.1 Å². The summed E-state index contributed by atoms with van der Waals surface area (Å²) in [4.78, 5) is 4.01. The molecule has 1 aliphatic heterocycles. The van der Waals surface area contributed by atoms with Crippen molar-refractivity contribution in [3.05, 3.63) is 29.6 Å². The van der Waals surface area contributed by atoms with Gasteiger partial charge in [-0.05, 0) is 57.7 Å². The Hall–Kier alpha value is -1.38. The summed E-state index contributed by atoms with van der Waals surface area (Å²) in [5, 5.41) is 8.92. The molecule has 104 valence electrons. The van der Waals surface area contributed by atoms with Crippen molar-refractivity contribution in [2.45, 2.75) is 57.1 Å². The normalized spacial score (nSPS) is 30.1. The fraction of sp³-hybridized carbons (Fsp3) is 0.600. The van der Waals surface area contributed by atoms with Gasteiger partial charge in [0.2, 0.25) is 0 Å². The molecule has 0 spiro atoms. The standard InChI is InChI=1S/C15H19BN2O2/c1-14(2)15(3,4)20-16(19-14)13-8-12(13)10-5-6-18-11(7-10)9-17/h5-7,12-13H,8H2,1-4H3/t12-,13+/m1/s1. The third kappa shape index (κ3) is 2.13. The lowest BCUT2D eigenvalue weighted by Gasteiger charge is -2.32. The van der Waals surface area contributed by atoms with Crippen LogP contribution < -0.4 is 0 Å². The van der Waals surface area contributed by atoms with Crippen LogP contribution in [-0.2, 0) is 9.31 Å². The van der Waals surface area contributed by atoms with Gasteiger partial charge in [-0.3, -0.25) is 0 Å². The van der Waals surface area contributed by atoms with Gasteiger partial charge in [0, 0.05) is 12.0 Å². The maximum absolute atomic E-state index is 8.92. The average molecular weight is 270 g/mol. The average Bonchev–Trinajstić information content (AvgIpc) is 3.13. The van der Waals surface area contributed by atoms with E-state index in [1.165, 1.54) is 0 Å². The molecule has 4 nitrogen and oxygen atoms in total. The molecular formula is C15H19BN2O2. The summed E-state index contributed by atoms with van der Waals surface area (Å²) in [5.41, 5.74) is 1.08. The summed E-state index contributed by atoms with van der Waals surface area (Å²) in [6.07, 6.45) is 2.75. The lowest BCUT2D eigenvalue weighted by Crippen LogP contribution is -2.41. The third-order valence-electron chi connectivity index (χ3n) is 4.79. The van der Waals surface area contributed by atoms with Crippen molar-refractivity contribution >= 4 is 7.12 Å². The van der Waals surface area contributed by atoms with Crippen molar-refractivity contribution < 1.29 is 9.31 Å². The van der Waals surface area contributed by atoms with Crippen LogP contribution in [0.5, 0.6) is 0 Å². The van der Waals surface area contributed by atoms with Gasteiger partial charge in [0.05, 0.1) is 11.2 Å². The van der Waals surface area contributed by atoms with Gasteiger partial charge in [-0.1, -0.05) is 0 Å². The van der Waals surface area contributed by atoms with Crippen LogP contribution in [-0.4, -0.2) is 23.3 Å². The van der Waals surface area contributed by atoms with Crippen LogP contribution >= 0.6 is 0 Å². The van der Waals surface area contributed by atoms with Crippen LogP contribution in [0.3, 0.4) is 0 Å². The highest BCUT2D eigenvalue weighted by molar-refractivity contribution is 6.49. The van der Waals surface area contributed by atoms with Crippen LogP contribution in [0.4, 0.5) is 0 Å². The number of hydrogen-bond donors (Lipinski definition) is 0. The van der Waals surface area contributed by atoms with Crippen LogP contribution in [0.15, 0.2) is 18.3 Å². The summed E-state index contributed by atoms with van der Waals surface area (Å²) in [7, 11) is -0.149. The monoisotopic (exact) mass is 270 g/mol. The number of aromatic nitrogens is 1. The van der Waals surface area contributed by atoms with Crippen molar-refractivity contribution in [2.24, 2.45) is 0 Å². The van der Waals surface area contributed by atoms with Crippen molar-refractivity contribution in [2.75, 3.05) is 0 Å². The molecule has 20 heavy (non-hydrogen) atoms. The lowest BCUT2D eigenvalue weighted by atomic mass is 9.79. The molecule has 2 atom stereocenters. The third-order valence-corrected chi connectivity index (χ3v) is 4.79. The minimum absolute atomic E-state index is 0.149. The molecule has 1 saturated carbocycles. The Kier molecular flexibility index (Phi) is 2.93. The van der Waals surface area contributed by atoms with E-state index in [1.54, 1.807) is 6.20 Å². The van der Waals surface area contributed by atoms with Crippen molar-refractivity contribution in [1.82, 2.24) is 4.98 Å². The van der Waals surface area contributed by atoms with Crippen molar-refractivity contribution in [3.8, 4) is 6.07 Å². The molecule has 0 aromatic carbocycles. The molecule has 0 bridgehead atoms. The van der Waals surface area contributed by atoms with Crippen LogP contribution in [0.1, 0.15) is 51.3 Å². The van der Waals surface area contributed by atoms with Gasteiger partial charge in [-0.2, -0.15) is 5.26 Å². The molecule has 3 rings (SSSR count). The Labute approximate surface area is 120 Å². The molecule has 1 aromatic rings. The van der Waals surface area contributed by atoms with Crippen molar-refractivity contribution in [3.63, 3.8) is 0 Å². The first-order valence-electron chi connectivity index (χ1n) is 7.06. The molecule has 0 N–H and O–H groups in total.